The van der Waals surface area contributed by atoms with Gasteiger partial charge in [-0.2, -0.15) is 0 Å². The first kappa shape index (κ1) is 8.97. The number of nitrogens with two attached hydrogens (primary N) is 1. The summed E-state index contributed by atoms with van der Waals surface area (Å²) >= 11 is 0. The molecule has 14 heavy (non-hydrogen) atoms. The monoisotopic (exact) mass is 187 g/mol. The summed E-state index contributed by atoms with van der Waals surface area (Å²) in [6.07, 6.45) is 3.57. The van der Waals surface area contributed by atoms with E-state index in [1.54, 1.807) is 12.4 Å². The summed E-state index contributed by atoms with van der Waals surface area (Å²) in [5.41, 5.74) is 10.2. The summed E-state index contributed by atoms with van der Waals surface area (Å²) in [6, 6.07) is 6.04. The van der Waals surface area contributed by atoms with Gasteiger partial charge in [-0.25, -0.2) is 0 Å². The van der Waals surface area contributed by atoms with Gasteiger partial charge in [-0.1, -0.05) is 0 Å². The Balaban J connectivity index is 2.43. The van der Waals surface area contributed by atoms with Gasteiger partial charge in [-0.05, 0) is 30.7 Å². The van der Waals surface area contributed by atoms with E-state index >= 15 is 0 Å². The molecule has 0 fully saturated rings. The SMILES string of the molecule is Cc1[nH]c(-c2ccncc2)cc1CN. The van der Waals surface area contributed by atoms with Crippen molar-refractivity contribution >= 4 is 0 Å². The molecule has 0 atom stereocenters. The number of rotatable bonds is 2. The first-order valence-electron chi connectivity index (χ1n) is 4.60. The highest BCUT2D eigenvalue weighted by molar-refractivity contribution is 5.60. The Labute approximate surface area is 83.0 Å². The van der Waals surface area contributed by atoms with Gasteiger partial charge in [0.25, 0.3) is 0 Å². The molecule has 2 aromatic rings. The number of nitrogens with one attached hydrogen (secondary N) is 1. The number of hydrogen-bond acceptors (Lipinski definition) is 2. The van der Waals surface area contributed by atoms with Crippen LogP contribution in [0.4, 0.5) is 0 Å². The topological polar surface area (TPSA) is 54.7 Å². The predicted molar refractivity (Wildman–Crippen MR) is 56.7 cm³/mol. The van der Waals surface area contributed by atoms with Crippen molar-refractivity contribution in [2.45, 2.75) is 13.5 Å². The van der Waals surface area contributed by atoms with E-state index in [0.717, 1.165) is 22.5 Å². The summed E-state index contributed by atoms with van der Waals surface area (Å²) < 4.78 is 0. The van der Waals surface area contributed by atoms with E-state index < -0.39 is 0 Å². The molecule has 3 nitrogen and oxygen atoms in total. The normalized spacial score (nSPS) is 10.4. The van der Waals surface area contributed by atoms with Gasteiger partial charge in [0.05, 0.1) is 0 Å². The zero-order valence-electron chi connectivity index (χ0n) is 8.12. The lowest BCUT2D eigenvalue weighted by atomic mass is 10.2. The van der Waals surface area contributed by atoms with Gasteiger partial charge < -0.3 is 10.7 Å². The first-order valence-corrected chi connectivity index (χ1v) is 4.60. The second kappa shape index (κ2) is 3.64. The van der Waals surface area contributed by atoms with Crippen LogP contribution < -0.4 is 5.73 Å². The smallest absolute Gasteiger partial charge is 0.0460 e. The van der Waals surface area contributed by atoms with Crippen molar-refractivity contribution in [2.24, 2.45) is 5.73 Å². The van der Waals surface area contributed by atoms with E-state index in [2.05, 4.69) is 16.0 Å². The Morgan fingerprint density at radius 2 is 2.07 bits per heavy atom. The zero-order valence-corrected chi connectivity index (χ0v) is 8.12. The molecule has 0 saturated heterocycles. The fourth-order valence-corrected chi connectivity index (χ4v) is 1.50. The molecule has 0 aromatic carbocycles. The summed E-state index contributed by atoms with van der Waals surface area (Å²) in [6.45, 7) is 2.61. The number of aryl methyl sites for hydroxylation is 1. The van der Waals surface area contributed by atoms with Gasteiger partial charge in [0.2, 0.25) is 0 Å². The van der Waals surface area contributed by atoms with Crippen LogP contribution in [-0.2, 0) is 6.54 Å². The van der Waals surface area contributed by atoms with Crippen molar-refractivity contribution in [3.05, 3.63) is 41.9 Å². The molecule has 0 aliphatic carbocycles. The minimum Gasteiger partial charge on any atom is -0.358 e. The Morgan fingerprint density at radius 1 is 1.36 bits per heavy atom. The molecular weight excluding hydrogens is 174 g/mol. The highest BCUT2D eigenvalue weighted by atomic mass is 14.7. The van der Waals surface area contributed by atoms with Gasteiger partial charge >= 0.3 is 0 Å². The molecular formula is C11H13N3. The van der Waals surface area contributed by atoms with Crippen LogP contribution in [0.1, 0.15) is 11.3 Å². The molecule has 3 heteroatoms. The van der Waals surface area contributed by atoms with Crippen LogP contribution in [0.2, 0.25) is 0 Å². The quantitative estimate of drug-likeness (QED) is 0.753. The zero-order chi connectivity index (χ0) is 9.97. The third-order valence-corrected chi connectivity index (χ3v) is 2.33. The lowest BCUT2D eigenvalue weighted by molar-refractivity contribution is 1.04. The van der Waals surface area contributed by atoms with Gasteiger partial charge in [0.1, 0.15) is 0 Å². The van der Waals surface area contributed by atoms with Crippen molar-refractivity contribution in [1.29, 1.82) is 0 Å². The van der Waals surface area contributed by atoms with Crippen molar-refractivity contribution < 1.29 is 0 Å². The van der Waals surface area contributed by atoms with Crippen molar-refractivity contribution in [3.63, 3.8) is 0 Å². The van der Waals surface area contributed by atoms with Crippen LogP contribution in [0.3, 0.4) is 0 Å². The van der Waals surface area contributed by atoms with Crippen LogP contribution in [0.5, 0.6) is 0 Å². The average Bonchev–Trinajstić information content (AvgIpc) is 2.61. The number of aromatic amines is 1. The molecule has 0 radical (unpaired) electrons. The van der Waals surface area contributed by atoms with Gasteiger partial charge in [-0.15, -0.1) is 0 Å². The summed E-state index contributed by atoms with van der Waals surface area (Å²) in [7, 11) is 0. The average molecular weight is 187 g/mol. The Morgan fingerprint density at radius 3 is 2.64 bits per heavy atom. The first-order chi connectivity index (χ1) is 6.81. The van der Waals surface area contributed by atoms with Gasteiger partial charge in [0.15, 0.2) is 0 Å². The van der Waals surface area contributed by atoms with E-state index in [1.165, 1.54) is 0 Å². The standard InChI is InChI=1S/C11H13N3/c1-8-10(7-12)6-11(14-8)9-2-4-13-5-3-9/h2-6,14H,7,12H2,1H3. The van der Waals surface area contributed by atoms with Crippen molar-refractivity contribution in [1.82, 2.24) is 9.97 Å². The van der Waals surface area contributed by atoms with Gasteiger partial charge in [-0.3, -0.25) is 4.98 Å². The highest BCUT2D eigenvalue weighted by Crippen LogP contribution is 2.20. The van der Waals surface area contributed by atoms with E-state index in [4.69, 9.17) is 5.73 Å². The van der Waals surface area contributed by atoms with Gasteiger partial charge in [0, 0.05) is 35.9 Å². The lowest BCUT2D eigenvalue weighted by Crippen LogP contribution is -1.95. The number of pyridine rings is 1. The maximum Gasteiger partial charge on any atom is 0.0460 e. The largest absolute Gasteiger partial charge is 0.358 e. The van der Waals surface area contributed by atoms with Crippen molar-refractivity contribution in [2.75, 3.05) is 0 Å². The number of hydrogen-bond donors (Lipinski definition) is 2. The molecule has 0 spiro atoms. The fraction of sp³-hybridized carbons (Fsp3) is 0.182. The molecule has 2 heterocycles. The summed E-state index contributed by atoms with van der Waals surface area (Å²) in [5.74, 6) is 0. The maximum atomic E-state index is 5.61. The highest BCUT2D eigenvalue weighted by Gasteiger charge is 2.03. The number of aromatic nitrogens is 2. The van der Waals surface area contributed by atoms with Crippen LogP contribution in [-0.4, -0.2) is 9.97 Å². The molecule has 0 amide bonds. The molecule has 0 bridgehead atoms. The molecule has 2 aromatic heterocycles. The maximum absolute atomic E-state index is 5.61. The minimum absolute atomic E-state index is 0.577. The molecule has 72 valence electrons. The lowest BCUT2D eigenvalue weighted by Gasteiger charge is -1.94. The molecule has 0 aliphatic rings. The fourth-order valence-electron chi connectivity index (χ4n) is 1.50. The molecule has 0 aliphatic heterocycles. The Bertz CT molecular complexity index is 417. The van der Waals surface area contributed by atoms with Crippen LogP contribution in [0.15, 0.2) is 30.6 Å². The van der Waals surface area contributed by atoms with Crippen molar-refractivity contribution in [3.8, 4) is 11.3 Å². The summed E-state index contributed by atoms with van der Waals surface area (Å²) in [4.78, 5) is 7.29. The third-order valence-electron chi connectivity index (χ3n) is 2.33. The molecule has 0 unspecified atom stereocenters. The minimum atomic E-state index is 0.577. The molecule has 0 saturated carbocycles. The van der Waals surface area contributed by atoms with E-state index in [-0.39, 0.29) is 0 Å². The second-order valence-electron chi connectivity index (χ2n) is 3.27. The van der Waals surface area contributed by atoms with E-state index in [9.17, 15) is 0 Å². The van der Waals surface area contributed by atoms with Crippen LogP contribution in [0, 0.1) is 6.92 Å². The van der Waals surface area contributed by atoms with Crippen LogP contribution in [0.25, 0.3) is 11.3 Å². The Kier molecular flexibility index (Phi) is 2.33. The predicted octanol–water partition coefficient (Wildman–Crippen LogP) is 1.84. The Hall–Kier alpha value is -1.61. The third kappa shape index (κ3) is 1.54. The molecule has 2 rings (SSSR count). The second-order valence-corrected chi connectivity index (χ2v) is 3.27. The summed E-state index contributed by atoms with van der Waals surface area (Å²) in [5, 5.41) is 0. The molecule has 3 N–H and O–H groups in total. The van der Waals surface area contributed by atoms with E-state index in [0.29, 0.717) is 6.54 Å². The van der Waals surface area contributed by atoms with E-state index in [1.807, 2.05) is 19.1 Å². The number of H-pyrrole nitrogens is 1. The van der Waals surface area contributed by atoms with Crippen LogP contribution >= 0.6 is 0 Å². The number of nitrogens with zero attached hydrogens (tertiary/aromatic N) is 1.